The molecular formula is C14H16F2N2O. The number of nitrogens with zero attached hydrogens (tertiary/aromatic N) is 1. The van der Waals surface area contributed by atoms with Gasteiger partial charge in [0.25, 0.3) is 0 Å². The van der Waals surface area contributed by atoms with Gasteiger partial charge in [0.15, 0.2) is 0 Å². The second-order valence-electron chi connectivity index (χ2n) is 5.48. The van der Waals surface area contributed by atoms with Gasteiger partial charge in [0, 0.05) is 17.7 Å². The van der Waals surface area contributed by atoms with Crippen LogP contribution in [0.4, 0.5) is 8.78 Å². The van der Waals surface area contributed by atoms with Crippen LogP contribution >= 0.6 is 0 Å². The number of hydrogen-bond donors (Lipinski definition) is 1. The molecule has 0 spiro atoms. The van der Waals surface area contributed by atoms with E-state index >= 15 is 0 Å². The van der Waals surface area contributed by atoms with Crippen molar-refractivity contribution in [2.24, 2.45) is 5.92 Å². The maximum atomic E-state index is 13.8. The summed E-state index contributed by atoms with van der Waals surface area (Å²) in [4.78, 5) is 13.7. The van der Waals surface area contributed by atoms with Crippen LogP contribution in [0.1, 0.15) is 31.5 Å². The first-order chi connectivity index (χ1) is 9.06. The van der Waals surface area contributed by atoms with Crippen LogP contribution in [-0.4, -0.2) is 23.4 Å². The molecule has 0 bridgehead atoms. The van der Waals surface area contributed by atoms with Crippen LogP contribution in [0.5, 0.6) is 0 Å². The Morgan fingerprint density at radius 2 is 2.05 bits per heavy atom. The van der Waals surface area contributed by atoms with Crippen molar-refractivity contribution in [3.05, 3.63) is 35.4 Å². The van der Waals surface area contributed by atoms with E-state index < -0.39 is 17.8 Å². The lowest BCUT2D eigenvalue weighted by Crippen LogP contribution is -2.46. The zero-order valence-electron chi connectivity index (χ0n) is 10.7. The van der Waals surface area contributed by atoms with Gasteiger partial charge in [-0.2, -0.15) is 0 Å². The highest BCUT2D eigenvalue weighted by molar-refractivity contribution is 5.81. The third-order valence-electron chi connectivity index (χ3n) is 4.01. The molecule has 1 aliphatic carbocycles. The van der Waals surface area contributed by atoms with E-state index in [2.05, 4.69) is 12.2 Å². The molecule has 3 nitrogen and oxygen atoms in total. The molecule has 1 amide bonds. The van der Waals surface area contributed by atoms with E-state index in [4.69, 9.17) is 0 Å². The molecule has 0 radical (unpaired) electrons. The van der Waals surface area contributed by atoms with Crippen molar-refractivity contribution in [1.29, 1.82) is 0 Å². The molecule has 1 atom stereocenters. The molecule has 5 heteroatoms. The summed E-state index contributed by atoms with van der Waals surface area (Å²) in [6.45, 7) is 2.35. The minimum atomic E-state index is -0.607. The van der Waals surface area contributed by atoms with E-state index in [1.54, 1.807) is 4.90 Å². The second kappa shape index (κ2) is 4.56. The lowest BCUT2D eigenvalue weighted by atomic mass is 9.80. The van der Waals surface area contributed by atoms with Crippen molar-refractivity contribution in [1.82, 2.24) is 10.2 Å². The molecule has 102 valence electrons. The average molecular weight is 266 g/mol. The molecule has 3 rings (SSSR count). The van der Waals surface area contributed by atoms with Crippen LogP contribution in [-0.2, 0) is 4.79 Å². The Morgan fingerprint density at radius 1 is 1.32 bits per heavy atom. The summed E-state index contributed by atoms with van der Waals surface area (Å²) >= 11 is 0. The first-order valence-electron chi connectivity index (χ1n) is 6.55. The van der Waals surface area contributed by atoms with E-state index in [0.29, 0.717) is 11.5 Å². The summed E-state index contributed by atoms with van der Waals surface area (Å²) in [6, 6.07) is 3.67. The molecule has 1 aliphatic heterocycles. The normalized spacial score (nSPS) is 30.6. The number of nitrogens with one attached hydrogen (secondary N) is 1. The van der Waals surface area contributed by atoms with Gasteiger partial charge in [-0.05, 0) is 30.9 Å². The fraction of sp³-hybridized carbons (Fsp3) is 0.500. The van der Waals surface area contributed by atoms with E-state index in [0.717, 1.165) is 18.9 Å². The van der Waals surface area contributed by atoms with Gasteiger partial charge in [-0.1, -0.05) is 6.92 Å². The van der Waals surface area contributed by atoms with E-state index in [9.17, 15) is 13.6 Å². The Balaban J connectivity index is 1.88. The van der Waals surface area contributed by atoms with Gasteiger partial charge in [-0.15, -0.1) is 0 Å². The van der Waals surface area contributed by atoms with Crippen molar-refractivity contribution in [2.45, 2.75) is 32.0 Å². The monoisotopic (exact) mass is 266 g/mol. The Labute approximate surface area is 110 Å². The minimum Gasteiger partial charge on any atom is -0.319 e. The largest absolute Gasteiger partial charge is 0.319 e. The quantitative estimate of drug-likeness (QED) is 0.890. The van der Waals surface area contributed by atoms with Gasteiger partial charge < -0.3 is 4.90 Å². The number of hydrogen-bond acceptors (Lipinski definition) is 2. The highest BCUT2D eigenvalue weighted by atomic mass is 19.1. The average Bonchev–Trinajstić information content (AvgIpc) is 2.67. The first kappa shape index (κ1) is 12.5. The maximum Gasteiger partial charge on any atom is 0.238 e. The van der Waals surface area contributed by atoms with E-state index in [-0.39, 0.29) is 18.5 Å². The highest BCUT2D eigenvalue weighted by Crippen LogP contribution is 2.37. The number of carbonyl (C=O) groups excluding carboxylic acids is 1. The number of carbonyl (C=O) groups is 1. The topological polar surface area (TPSA) is 32.3 Å². The third-order valence-corrected chi connectivity index (χ3v) is 4.01. The Bertz CT molecular complexity index is 514. The van der Waals surface area contributed by atoms with Crippen LogP contribution in [0.25, 0.3) is 0 Å². The molecular weight excluding hydrogens is 250 g/mol. The van der Waals surface area contributed by atoms with Crippen LogP contribution in [0, 0.1) is 17.6 Å². The zero-order valence-corrected chi connectivity index (χ0v) is 10.7. The Kier molecular flexibility index (Phi) is 3.01. The summed E-state index contributed by atoms with van der Waals surface area (Å²) in [5, 5.41) is 3.01. The summed E-state index contributed by atoms with van der Waals surface area (Å²) in [7, 11) is 0. The van der Waals surface area contributed by atoms with Gasteiger partial charge in [0.2, 0.25) is 5.91 Å². The SMILES string of the molecule is CC1CC(N2C(=O)CNC2c2ccc(F)cc2F)C1. The molecule has 1 saturated heterocycles. The smallest absolute Gasteiger partial charge is 0.238 e. The molecule has 0 aromatic heterocycles. The molecule has 19 heavy (non-hydrogen) atoms. The number of halogens is 2. The molecule has 2 aliphatic rings. The molecule has 1 aromatic rings. The highest BCUT2D eigenvalue weighted by Gasteiger charge is 2.42. The molecule has 1 unspecified atom stereocenters. The second-order valence-corrected chi connectivity index (χ2v) is 5.48. The van der Waals surface area contributed by atoms with Crippen molar-refractivity contribution in [3.8, 4) is 0 Å². The molecule has 2 fully saturated rings. The first-order valence-corrected chi connectivity index (χ1v) is 6.55. The standard InChI is InChI=1S/C14H16F2N2O/c1-8-4-10(5-8)18-13(19)7-17-14(18)11-3-2-9(15)6-12(11)16/h2-3,6,8,10,14,17H,4-5,7H2,1H3. The van der Waals surface area contributed by atoms with Gasteiger partial charge in [-0.3, -0.25) is 10.1 Å². The number of benzene rings is 1. The zero-order chi connectivity index (χ0) is 13.6. The maximum absolute atomic E-state index is 13.8. The van der Waals surface area contributed by atoms with Crippen molar-refractivity contribution < 1.29 is 13.6 Å². The van der Waals surface area contributed by atoms with E-state index in [1.165, 1.54) is 12.1 Å². The summed E-state index contributed by atoms with van der Waals surface area (Å²) in [5.41, 5.74) is 0.340. The van der Waals surface area contributed by atoms with Gasteiger partial charge in [0.1, 0.15) is 17.8 Å². The lowest BCUT2D eigenvalue weighted by Gasteiger charge is -2.42. The van der Waals surface area contributed by atoms with E-state index in [1.807, 2.05) is 0 Å². The number of rotatable bonds is 2. The van der Waals surface area contributed by atoms with Crippen molar-refractivity contribution >= 4 is 5.91 Å². The lowest BCUT2D eigenvalue weighted by molar-refractivity contribution is -0.133. The summed E-state index contributed by atoms with van der Waals surface area (Å²) in [6.07, 6.45) is 1.44. The molecule has 1 aromatic carbocycles. The van der Waals surface area contributed by atoms with Crippen LogP contribution in [0.15, 0.2) is 18.2 Å². The van der Waals surface area contributed by atoms with Crippen LogP contribution in [0.2, 0.25) is 0 Å². The third kappa shape index (κ3) is 2.12. The fourth-order valence-corrected chi connectivity index (χ4v) is 3.00. The summed E-state index contributed by atoms with van der Waals surface area (Å²) in [5.74, 6) is -0.610. The summed E-state index contributed by atoms with van der Waals surface area (Å²) < 4.78 is 26.8. The number of amides is 1. The Morgan fingerprint density at radius 3 is 2.68 bits per heavy atom. The minimum absolute atomic E-state index is 0.00868. The fourth-order valence-electron chi connectivity index (χ4n) is 3.00. The van der Waals surface area contributed by atoms with Gasteiger partial charge in [-0.25, -0.2) is 8.78 Å². The predicted molar refractivity (Wildman–Crippen MR) is 66.1 cm³/mol. The predicted octanol–water partition coefficient (Wildman–Crippen LogP) is 2.19. The van der Waals surface area contributed by atoms with Crippen molar-refractivity contribution in [3.63, 3.8) is 0 Å². The Hall–Kier alpha value is -1.49. The molecule has 1 saturated carbocycles. The van der Waals surface area contributed by atoms with Gasteiger partial charge >= 0.3 is 0 Å². The molecule has 1 heterocycles. The van der Waals surface area contributed by atoms with Crippen LogP contribution in [0.3, 0.4) is 0 Å². The van der Waals surface area contributed by atoms with Crippen LogP contribution < -0.4 is 5.32 Å². The molecule has 1 N–H and O–H groups in total. The van der Waals surface area contributed by atoms with Gasteiger partial charge in [0.05, 0.1) is 6.54 Å². The van der Waals surface area contributed by atoms with Crippen molar-refractivity contribution in [2.75, 3.05) is 6.54 Å².